The van der Waals surface area contributed by atoms with Crippen LogP contribution in [0.5, 0.6) is 5.75 Å². The molecule has 3 rings (SSSR count). The number of carbonyl (C=O) groups excluding carboxylic acids is 2. The van der Waals surface area contributed by atoms with Crippen LogP contribution in [0, 0.1) is 0 Å². The highest BCUT2D eigenvalue weighted by Gasteiger charge is 2.40. The smallest absolute Gasteiger partial charge is 0.338 e. The number of amides is 1. The molecule has 2 aromatic rings. The van der Waals surface area contributed by atoms with Gasteiger partial charge >= 0.3 is 5.97 Å². The van der Waals surface area contributed by atoms with Crippen LogP contribution in [0.15, 0.2) is 42.5 Å². The first-order valence-electron chi connectivity index (χ1n) is 8.88. The minimum atomic E-state index is -0.968. The lowest BCUT2D eigenvalue weighted by molar-refractivity contribution is -0.132. The maximum absolute atomic E-state index is 12.9. The minimum absolute atomic E-state index is 0.149. The molecular formula is C21H22ClNO4. The van der Waals surface area contributed by atoms with Gasteiger partial charge in [-0.2, -0.15) is 0 Å². The van der Waals surface area contributed by atoms with E-state index in [-0.39, 0.29) is 11.9 Å². The lowest BCUT2D eigenvalue weighted by Gasteiger charge is -2.39. The Hall–Kier alpha value is -2.53. The highest BCUT2D eigenvalue weighted by molar-refractivity contribution is 6.31. The van der Waals surface area contributed by atoms with Gasteiger partial charge in [-0.15, -0.1) is 0 Å². The lowest BCUT2D eigenvalue weighted by atomic mass is 10.0. The van der Waals surface area contributed by atoms with E-state index < -0.39 is 5.60 Å². The number of hydrogen-bond donors (Lipinski definition) is 0. The van der Waals surface area contributed by atoms with Gasteiger partial charge in [-0.1, -0.05) is 30.7 Å². The fourth-order valence-electron chi connectivity index (χ4n) is 2.90. The average Bonchev–Trinajstić information content (AvgIpc) is 2.64. The van der Waals surface area contributed by atoms with E-state index in [1.165, 1.54) is 0 Å². The predicted molar refractivity (Wildman–Crippen MR) is 104 cm³/mol. The van der Waals surface area contributed by atoms with E-state index in [0.29, 0.717) is 35.2 Å². The minimum Gasteiger partial charge on any atom is -0.476 e. The van der Waals surface area contributed by atoms with Gasteiger partial charge < -0.3 is 14.4 Å². The van der Waals surface area contributed by atoms with Gasteiger partial charge in [0.05, 0.1) is 24.4 Å². The Morgan fingerprint density at radius 2 is 1.89 bits per heavy atom. The molecule has 0 aromatic heterocycles. The molecule has 0 unspecified atom stereocenters. The van der Waals surface area contributed by atoms with Gasteiger partial charge in [-0.3, -0.25) is 4.79 Å². The van der Waals surface area contributed by atoms with E-state index in [1.54, 1.807) is 49.1 Å². The van der Waals surface area contributed by atoms with Gasteiger partial charge in [0.2, 0.25) is 0 Å². The lowest BCUT2D eigenvalue weighted by Crippen LogP contribution is -2.52. The number of benzene rings is 2. The number of fused-ring (bicyclic) bond motifs is 1. The molecule has 1 aliphatic heterocycles. The highest BCUT2D eigenvalue weighted by Crippen LogP contribution is 2.40. The zero-order valence-corrected chi connectivity index (χ0v) is 16.4. The summed E-state index contributed by atoms with van der Waals surface area (Å²) < 4.78 is 11.0. The molecule has 0 saturated carbocycles. The third kappa shape index (κ3) is 4.08. The van der Waals surface area contributed by atoms with E-state index in [1.807, 2.05) is 19.1 Å². The van der Waals surface area contributed by atoms with Gasteiger partial charge in [0, 0.05) is 5.02 Å². The molecule has 27 heavy (non-hydrogen) atoms. The summed E-state index contributed by atoms with van der Waals surface area (Å²) >= 11 is 6.12. The topological polar surface area (TPSA) is 55.8 Å². The zero-order chi connectivity index (χ0) is 19.6. The van der Waals surface area contributed by atoms with E-state index in [2.05, 4.69) is 0 Å². The summed E-state index contributed by atoms with van der Waals surface area (Å²) in [6.45, 7) is 6.18. The van der Waals surface area contributed by atoms with Crippen LogP contribution < -0.4 is 9.64 Å². The van der Waals surface area contributed by atoms with Crippen molar-refractivity contribution in [2.45, 2.75) is 39.3 Å². The second kappa shape index (κ2) is 7.61. The summed E-state index contributed by atoms with van der Waals surface area (Å²) in [5.74, 6) is 0.122. The van der Waals surface area contributed by atoms with Gasteiger partial charge in [-0.25, -0.2) is 4.79 Å². The third-order valence-electron chi connectivity index (χ3n) is 4.30. The van der Waals surface area contributed by atoms with Crippen molar-refractivity contribution in [3.63, 3.8) is 0 Å². The molecule has 1 heterocycles. The molecule has 0 N–H and O–H groups in total. The van der Waals surface area contributed by atoms with Crippen molar-refractivity contribution < 1.29 is 19.1 Å². The van der Waals surface area contributed by atoms with Crippen LogP contribution >= 0.6 is 11.6 Å². The van der Waals surface area contributed by atoms with E-state index in [4.69, 9.17) is 21.1 Å². The molecule has 5 nitrogen and oxygen atoms in total. The monoisotopic (exact) mass is 387 g/mol. The summed E-state index contributed by atoms with van der Waals surface area (Å²) in [5, 5.41) is 0.531. The van der Waals surface area contributed by atoms with E-state index in [0.717, 1.165) is 12.0 Å². The molecule has 0 fully saturated rings. The summed E-state index contributed by atoms with van der Waals surface area (Å²) in [6.07, 6.45) is 0.778. The summed E-state index contributed by atoms with van der Waals surface area (Å²) in [4.78, 5) is 26.5. The second-order valence-electron chi connectivity index (χ2n) is 6.95. The molecule has 2 aromatic carbocycles. The van der Waals surface area contributed by atoms with Crippen molar-refractivity contribution in [2.75, 3.05) is 11.5 Å². The van der Waals surface area contributed by atoms with E-state index >= 15 is 0 Å². The van der Waals surface area contributed by atoms with Crippen LogP contribution in [0.2, 0.25) is 5.02 Å². The van der Waals surface area contributed by atoms with Crippen LogP contribution in [-0.2, 0) is 16.1 Å². The predicted octanol–water partition coefficient (Wildman–Crippen LogP) is 4.61. The van der Waals surface area contributed by atoms with Gasteiger partial charge in [0.15, 0.2) is 5.60 Å². The van der Waals surface area contributed by atoms with Crippen LogP contribution in [0.3, 0.4) is 0 Å². The normalized spacial score (nSPS) is 15.1. The molecule has 0 spiro atoms. The largest absolute Gasteiger partial charge is 0.476 e. The molecule has 6 heteroatoms. The number of halogens is 1. The van der Waals surface area contributed by atoms with Gasteiger partial charge in [0.1, 0.15) is 5.75 Å². The van der Waals surface area contributed by atoms with Gasteiger partial charge in [0.25, 0.3) is 5.91 Å². The molecule has 1 aliphatic rings. The highest BCUT2D eigenvalue weighted by atomic mass is 35.5. The number of hydrogen-bond acceptors (Lipinski definition) is 4. The number of nitrogens with zero attached hydrogens (tertiary/aromatic N) is 1. The molecule has 0 bridgehead atoms. The summed E-state index contributed by atoms with van der Waals surface area (Å²) in [5.41, 5.74) is 1.05. The first-order chi connectivity index (χ1) is 12.8. The zero-order valence-electron chi connectivity index (χ0n) is 15.6. The molecule has 0 radical (unpaired) electrons. The molecular weight excluding hydrogens is 366 g/mol. The Kier molecular flexibility index (Phi) is 5.42. The first kappa shape index (κ1) is 19.2. The van der Waals surface area contributed by atoms with Crippen LogP contribution in [0.25, 0.3) is 0 Å². The fraction of sp³-hybridized carbons (Fsp3) is 0.333. The first-order valence-corrected chi connectivity index (χ1v) is 9.26. The van der Waals surface area contributed by atoms with Crippen molar-refractivity contribution in [3.05, 3.63) is 58.6 Å². The Morgan fingerprint density at radius 3 is 2.56 bits per heavy atom. The Balaban J connectivity index is 1.85. The average molecular weight is 388 g/mol. The van der Waals surface area contributed by atoms with Crippen molar-refractivity contribution in [2.24, 2.45) is 0 Å². The molecule has 1 amide bonds. The number of carbonyl (C=O) groups is 2. The maximum Gasteiger partial charge on any atom is 0.338 e. The molecule has 0 atom stereocenters. The molecule has 0 aliphatic carbocycles. The summed E-state index contributed by atoms with van der Waals surface area (Å²) in [6, 6.07) is 12.3. The molecule has 0 saturated heterocycles. The van der Waals surface area contributed by atoms with Crippen molar-refractivity contribution in [1.82, 2.24) is 0 Å². The van der Waals surface area contributed by atoms with Crippen LogP contribution in [0.1, 0.15) is 43.1 Å². The summed E-state index contributed by atoms with van der Waals surface area (Å²) in [7, 11) is 0. The van der Waals surface area contributed by atoms with Crippen LogP contribution in [0.4, 0.5) is 5.69 Å². The van der Waals surface area contributed by atoms with E-state index in [9.17, 15) is 9.59 Å². The van der Waals surface area contributed by atoms with Gasteiger partial charge in [-0.05, 0) is 56.2 Å². The van der Waals surface area contributed by atoms with Crippen molar-refractivity contribution >= 4 is 29.2 Å². The maximum atomic E-state index is 12.9. The SMILES string of the molecule is CCCOC(=O)c1ccc(CN2C(=O)C(C)(C)Oc3ccc(Cl)cc32)cc1. The number of esters is 1. The van der Waals surface area contributed by atoms with Crippen molar-refractivity contribution in [3.8, 4) is 5.75 Å². The standard InChI is InChI=1S/C21H22ClNO4/c1-4-11-26-19(24)15-7-5-14(6-8-15)13-23-17-12-16(22)9-10-18(17)27-21(2,3)20(23)25/h5-10,12H,4,11,13H2,1-3H3. The molecule has 142 valence electrons. The Morgan fingerprint density at radius 1 is 1.19 bits per heavy atom. The number of ether oxygens (including phenoxy) is 2. The second-order valence-corrected chi connectivity index (χ2v) is 7.38. The number of anilines is 1. The number of rotatable bonds is 5. The quantitative estimate of drug-likeness (QED) is 0.703. The fourth-order valence-corrected chi connectivity index (χ4v) is 3.07. The Bertz CT molecular complexity index is 861. The van der Waals surface area contributed by atoms with Crippen molar-refractivity contribution in [1.29, 1.82) is 0 Å². The third-order valence-corrected chi connectivity index (χ3v) is 4.54. The Labute approximate surface area is 163 Å². The van der Waals surface area contributed by atoms with Crippen LogP contribution in [-0.4, -0.2) is 24.1 Å².